The maximum absolute atomic E-state index is 14.3. The number of para-hydroxylation sites is 2. The van der Waals surface area contributed by atoms with Crippen LogP contribution >= 0.6 is 0 Å². The predicted molar refractivity (Wildman–Crippen MR) is 279 cm³/mol. The van der Waals surface area contributed by atoms with Crippen LogP contribution in [0.15, 0.2) is 96.0 Å². The first-order valence-electron chi connectivity index (χ1n) is 24.9. The van der Waals surface area contributed by atoms with Gasteiger partial charge in [0.2, 0.25) is 0 Å². The number of hydrogen-bond acceptors (Lipinski definition) is 13. The normalized spacial score (nSPS) is 16.3. The molecule has 0 saturated heterocycles. The third-order valence-corrected chi connectivity index (χ3v) is 13.8. The second-order valence-corrected chi connectivity index (χ2v) is 19.0. The molecule has 0 N–H and O–H groups in total. The van der Waals surface area contributed by atoms with E-state index in [0.717, 1.165) is 45.9 Å². The number of hydrogen-bond donors (Lipinski definition) is 0. The molecule has 0 fully saturated rings. The summed E-state index contributed by atoms with van der Waals surface area (Å²) in [4.78, 5) is 54.2. The second-order valence-electron chi connectivity index (χ2n) is 19.0. The molecular formula is C57H65N5O10. The molecule has 5 aromatic rings. The molecule has 0 bridgehead atoms. The summed E-state index contributed by atoms with van der Waals surface area (Å²) in [6, 6.07) is 29.3. The standard InChI is InChI=1S/C57H65N5O10/c1-37(2)51(63)16-11-17-60(18-19-69-22-23-70-21-20-66-4)42-25-38(35-71-54-31-47-45(29-52(54)67-5)56(64)61-43(33-58-47)27-40-12-7-9-14-48(40)61)24-39(26-42)36-72-55-32-50-46(30-53(55)68-6)57(65)62-44(34-59(50)3)28-41-13-8-10-15-49(41)62/h7-10,12-15,24-26,29-33,37,43-44H,11,16-23,27-28,34-36H2,1-6H3/t43-,44-/m0/s1. The zero-order valence-electron chi connectivity index (χ0n) is 42.2. The number of ketones is 1. The van der Waals surface area contributed by atoms with Gasteiger partial charge in [-0.3, -0.25) is 24.3 Å². The summed E-state index contributed by atoms with van der Waals surface area (Å²) < 4.78 is 41.8. The highest BCUT2D eigenvalue weighted by atomic mass is 16.5. The average molecular weight is 980 g/mol. The Morgan fingerprint density at radius 3 is 1.97 bits per heavy atom. The van der Waals surface area contributed by atoms with Crippen molar-refractivity contribution >= 4 is 52.2 Å². The minimum atomic E-state index is -0.197. The molecule has 4 heterocycles. The van der Waals surface area contributed by atoms with Crippen LogP contribution in [0.2, 0.25) is 0 Å². The Labute approximate surface area is 422 Å². The Hall–Kier alpha value is -6.94. The van der Waals surface area contributed by atoms with Crippen molar-refractivity contribution in [2.24, 2.45) is 10.9 Å². The van der Waals surface area contributed by atoms with Gasteiger partial charge in [0.05, 0.1) is 81.8 Å². The van der Waals surface area contributed by atoms with E-state index in [9.17, 15) is 14.4 Å². The molecule has 378 valence electrons. The minimum absolute atomic E-state index is 0.00558. The number of aliphatic imine (C=N–C) groups is 1. The van der Waals surface area contributed by atoms with Crippen molar-refractivity contribution in [1.82, 2.24) is 0 Å². The van der Waals surface area contributed by atoms with Crippen molar-refractivity contribution < 1.29 is 47.5 Å². The third kappa shape index (κ3) is 10.8. The molecular weight excluding hydrogens is 915 g/mol. The lowest BCUT2D eigenvalue weighted by atomic mass is 10.0. The molecule has 4 aliphatic heterocycles. The topological polar surface area (TPSA) is 141 Å². The Morgan fingerprint density at radius 1 is 0.681 bits per heavy atom. The van der Waals surface area contributed by atoms with Gasteiger partial charge in [0.1, 0.15) is 19.0 Å². The Kier molecular flexibility index (Phi) is 15.7. The molecule has 9 rings (SSSR count). The number of anilines is 4. The number of nitrogens with zero attached hydrogens (tertiary/aromatic N) is 5. The maximum atomic E-state index is 14.3. The summed E-state index contributed by atoms with van der Waals surface area (Å²) in [7, 11) is 6.80. The molecule has 0 radical (unpaired) electrons. The van der Waals surface area contributed by atoms with E-state index >= 15 is 0 Å². The van der Waals surface area contributed by atoms with Crippen molar-refractivity contribution in [3.8, 4) is 23.0 Å². The number of methoxy groups -OCH3 is 3. The van der Waals surface area contributed by atoms with E-state index in [0.29, 0.717) is 112 Å². The first-order chi connectivity index (χ1) is 35.0. The molecule has 4 aliphatic rings. The van der Waals surface area contributed by atoms with Gasteiger partial charge in [-0.25, -0.2) is 0 Å². The molecule has 72 heavy (non-hydrogen) atoms. The Bertz CT molecular complexity index is 2810. The second kappa shape index (κ2) is 22.6. The molecule has 0 spiro atoms. The van der Waals surface area contributed by atoms with Crippen LogP contribution in [0.25, 0.3) is 0 Å². The van der Waals surface area contributed by atoms with Gasteiger partial charge in [0.15, 0.2) is 23.0 Å². The quantitative estimate of drug-likeness (QED) is 0.0579. The van der Waals surface area contributed by atoms with E-state index in [1.807, 2.05) is 85.4 Å². The van der Waals surface area contributed by atoms with Gasteiger partial charge in [-0.2, -0.15) is 0 Å². The van der Waals surface area contributed by atoms with Gasteiger partial charge >= 0.3 is 0 Å². The lowest BCUT2D eigenvalue weighted by Crippen LogP contribution is -2.41. The van der Waals surface area contributed by atoms with Gasteiger partial charge in [0, 0.05) is 88.0 Å². The summed E-state index contributed by atoms with van der Waals surface area (Å²) in [5.41, 5.74) is 8.95. The van der Waals surface area contributed by atoms with Crippen LogP contribution in [-0.4, -0.2) is 117 Å². The summed E-state index contributed by atoms with van der Waals surface area (Å²) in [6.07, 6.45) is 4.42. The van der Waals surface area contributed by atoms with Crippen LogP contribution in [0.4, 0.5) is 28.4 Å². The molecule has 5 aromatic carbocycles. The lowest BCUT2D eigenvalue weighted by Gasteiger charge is -2.27. The number of Topliss-reactive ketones (excluding diaryl/α,β-unsaturated/α-hetero) is 1. The highest BCUT2D eigenvalue weighted by Gasteiger charge is 2.40. The number of rotatable bonds is 23. The largest absolute Gasteiger partial charge is 0.493 e. The number of carbonyl (C=O) groups excluding carboxylic acids is 3. The third-order valence-electron chi connectivity index (χ3n) is 13.8. The van der Waals surface area contributed by atoms with Crippen LogP contribution < -0.4 is 38.5 Å². The van der Waals surface area contributed by atoms with E-state index in [-0.39, 0.29) is 48.8 Å². The fraction of sp³-hybridized carbons (Fsp3) is 0.404. The van der Waals surface area contributed by atoms with Crippen LogP contribution in [0.1, 0.15) is 69.7 Å². The number of ether oxygens (including phenoxy) is 7. The van der Waals surface area contributed by atoms with Crippen LogP contribution in [0.5, 0.6) is 23.0 Å². The predicted octanol–water partition coefficient (Wildman–Crippen LogP) is 8.66. The molecule has 0 aliphatic carbocycles. The number of amides is 2. The average Bonchev–Trinajstić information content (AvgIpc) is 3.89. The summed E-state index contributed by atoms with van der Waals surface area (Å²) in [6.45, 7) is 8.27. The molecule has 15 heteroatoms. The van der Waals surface area contributed by atoms with Crippen molar-refractivity contribution in [2.75, 3.05) is 101 Å². The smallest absolute Gasteiger partial charge is 0.261 e. The number of carbonyl (C=O) groups is 3. The van der Waals surface area contributed by atoms with Crippen molar-refractivity contribution in [3.63, 3.8) is 0 Å². The molecule has 0 unspecified atom stereocenters. The van der Waals surface area contributed by atoms with Crippen molar-refractivity contribution in [1.29, 1.82) is 0 Å². The number of fused-ring (bicyclic) bond motifs is 8. The first kappa shape index (κ1) is 50.0. The Morgan fingerprint density at radius 2 is 1.29 bits per heavy atom. The van der Waals surface area contributed by atoms with E-state index in [1.165, 1.54) is 5.56 Å². The van der Waals surface area contributed by atoms with Crippen molar-refractivity contribution in [2.45, 2.75) is 64.8 Å². The number of likely N-dealkylation sites (N-methyl/N-ethyl adjacent to an activating group) is 1. The number of benzene rings is 5. The van der Waals surface area contributed by atoms with Gasteiger partial charge in [-0.1, -0.05) is 50.2 Å². The SMILES string of the molecule is COCCOCCOCCN(CCCC(=O)C(C)C)c1cc(COc2cc3c(cc2OC)C(=O)N2c4ccccc4C[C@H]2C=N3)cc(COc2cc3c(cc2OC)C(=O)N2c4ccccc4C[C@H]2CN3C)c1. The van der Waals surface area contributed by atoms with Crippen molar-refractivity contribution in [3.05, 3.63) is 124 Å². The summed E-state index contributed by atoms with van der Waals surface area (Å²) in [5, 5.41) is 0. The van der Waals surface area contributed by atoms with Gasteiger partial charge in [-0.15, -0.1) is 0 Å². The zero-order chi connectivity index (χ0) is 50.3. The van der Waals surface area contributed by atoms with E-state index in [2.05, 4.69) is 34.1 Å². The molecule has 15 nitrogen and oxygen atoms in total. The van der Waals surface area contributed by atoms with Gasteiger partial charge < -0.3 is 47.9 Å². The first-order valence-corrected chi connectivity index (χ1v) is 24.9. The van der Waals surface area contributed by atoms with E-state index in [4.69, 9.17) is 38.2 Å². The fourth-order valence-electron chi connectivity index (χ4n) is 10.1. The van der Waals surface area contributed by atoms with Crippen LogP contribution in [0.3, 0.4) is 0 Å². The minimum Gasteiger partial charge on any atom is -0.493 e. The van der Waals surface area contributed by atoms with Gasteiger partial charge in [-0.05, 0) is 77.6 Å². The van der Waals surface area contributed by atoms with Crippen LogP contribution in [0, 0.1) is 5.92 Å². The highest BCUT2D eigenvalue weighted by Crippen LogP contribution is 2.44. The van der Waals surface area contributed by atoms with E-state index < -0.39 is 0 Å². The van der Waals surface area contributed by atoms with Gasteiger partial charge in [0.25, 0.3) is 11.8 Å². The zero-order valence-corrected chi connectivity index (χ0v) is 42.2. The van der Waals surface area contributed by atoms with E-state index in [1.54, 1.807) is 39.5 Å². The highest BCUT2D eigenvalue weighted by molar-refractivity contribution is 6.15. The molecule has 2 amide bonds. The fourth-order valence-corrected chi connectivity index (χ4v) is 10.1. The summed E-state index contributed by atoms with van der Waals surface area (Å²) in [5.74, 6) is 1.74. The Balaban J connectivity index is 1.00. The maximum Gasteiger partial charge on any atom is 0.261 e. The summed E-state index contributed by atoms with van der Waals surface area (Å²) >= 11 is 0. The molecule has 0 saturated carbocycles. The molecule has 0 aromatic heterocycles. The molecule has 2 atom stereocenters. The van der Waals surface area contributed by atoms with Crippen LogP contribution in [-0.2, 0) is 45.1 Å². The monoisotopic (exact) mass is 979 g/mol. The lowest BCUT2D eigenvalue weighted by molar-refractivity contribution is -0.121.